The number of rotatable bonds is 4. The Kier molecular flexibility index (Phi) is 4.65. The minimum atomic E-state index is -0.236. The normalized spacial score (nSPS) is 20.8. The molecule has 4 nitrogen and oxygen atoms in total. The van der Waals surface area contributed by atoms with E-state index in [0.29, 0.717) is 11.1 Å². The lowest BCUT2D eigenvalue weighted by Crippen LogP contribution is -2.14. The van der Waals surface area contributed by atoms with Gasteiger partial charge in [-0.05, 0) is 12.0 Å². The molecule has 1 unspecified atom stereocenters. The van der Waals surface area contributed by atoms with E-state index in [1.54, 1.807) is 0 Å². The number of hydrogen-bond acceptors (Lipinski definition) is 6. The molecule has 20 heavy (non-hydrogen) atoms. The first kappa shape index (κ1) is 14.0. The highest BCUT2D eigenvalue weighted by Crippen LogP contribution is 2.35. The molecule has 2 heterocycles. The fraction of sp³-hybridized carbons (Fsp3) is 0.429. The van der Waals surface area contributed by atoms with Crippen LogP contribution in [0.25, 0.3) is 0 Å². The maximum atomic E-state index is 6.16. The second-order valence-electron chi connectivity index (χ2n) is 4.72. The molecule has 1 aliphatic rings. The molecular formula is C14H17N3OS2. The molecular weight excluding hydrogens is 290 g/mol. The Morgan fingerprint density at radius 2 is 2.15 bits per heavy atom. The van der Waals surface area contributed by atoms with Crippen LogP contribution in [0.15, 0.2) is 34.9 Å². The van der Waals surface area contributed by atoms with E-state index in [2.05, 4.69) is 22.3 Å². The van der Waals surface area contributed by atoms with Crippen LogP contribution in [-0.4, -0.2) is 27.4 Å². The lowest BCUT2D eigenvalue weighted by Gasteiger charge is -2.17. The molecule has 3 rings (SSSR count). The zero-order valence-corrected chi connectivity index (χ0v) is 12.7. The van der Waals surface area contributed by atoms with Crippen molar-refractivity contribution in [3.8, 4) is 0 Å². The maximum absolute atomic E-state index is 6.16. The van der Waals surface area contributed by atoms with Gasteiger partial charge in [-0.2, -0.15) is 16.7 Å². The van der Waals surface area contributed by atoms with Gasteiger partial charge in [-0.1, -0.05) is 35.5 Å². The Morgan fingerprint density at radius 3 is 2.90 bits per heavy atom. The van der Waals surface area contributed by atoms with Crippen molar-refractivity contribution in [2.45, 2.75) is 17.7 Å². The largest absolute Gasteiger partial charge is 0.338 e. The average molecular weight is 307 g/mol. The summed E-state index contributed by atoms with van der Waals surface area (Å²) in [6.45, 7) is 0. The topological polar surface area (TPSA) is 64.9 Å². The lowest BCUT2D eigenvalue weighted by atomic mass is 10.1. The quantitative estimate of drug-likeness (QED) is 0.937. The summed E-state index contributed by atoms with van der Waals surface area (Å²) in [6.07, 6.45) is 0.717. The van der Waals surface area contributed by atoms with E-state index in [0.717, 1.165) is 23.8 Å². The van der Waals surface area contributed by atoms with Gasteiger partial charge in [-0.3, -0.25) is 0 Å². The standard InChI is InChI=1S/C14H17N3OS2/c15-11(8-10-4-2-1-3-5-10)14-16-13(17-18-14)12-9-19-6-7-20-12/h1-5,11-12H,6-9,15H2/t11-,12?/m1/s1. The zero-order chi connectivity index (χ0) is 13.8. The third-order valence-electron chi connectivity index (χ3n) is 3.18. The molecule has 1 aromatic heterocycles. The second-order valence-corrected chi connectivity index (χ2v) is 7.18. The van der Waals surface area contributed by atoms with E-state index in [9.17, 15) is 0 Å². The summed E-state index contributed by atoms with van der Waals surface area (Å²) in [5, 5.41) is 4.45. The van der Waals surface area contributed by atoms with Crippen LogP contribution >= 0.6 is 23.5 Å². The molecule has 0 radical (unpaired) electrons. The van der Waals surface area contributed by atoms with Gasteiger partial charge in [0.25, 0.3) is 0 Å². The van der Waals surface area contributed by atoms with Gasteiger partial charge in [0.15, 0.2) is 5.82 Å². The van der Waals surface area contributed by atoms with Crippen molar-refractivity contribution in [1.29, 1.82) is 0 Å². The van der Waals surface area contributed by atoms with Gasteiger partial charge in [0.2, 0.25) is 5.89 Å². The molecule has 1 aliphatic heterocycles. The molecule has 6 heteroatoms. The molecule has 2 aromatic rings. The highest BCUT2D eigenvalue weighted by molar-refractivity contribution is 8.06. The van der Waals surface area contributed by atoms with Crippen molar-refractivity contribution in [1.82, 2.24) is 10.1 Å². The van der Waals surface area contributed by atoms with Crippen LogP contribution < -0.4 is 5.73 Å². The van der Waals surface area contributed by atoms with Gasteiger partial charge in [0.1, 0.15) is 0 Å². The Bertz CT molecular complexity index is 540. The van der Waals surface area contributed by atoms with Crippen LogP contribution in [0.3, 0.4) is 0 Å². The van der Waals surface area contributed by atoms with Crippen molar-refractivity contribution in [3.63, 3.8) is 0 Å². The first-order valence-electron chi connectivity index (χ1n) is 6.65. The van der Waals surface area contributed by atoms with E-state index in [4.69, 9.17) is 10.3 Å². The summed E-state index contributed by atoms with van der Waals surface area (Å²) in [5.41, 5.74) is 7.34. The summed E-state index contributed by atoms with van der Waals surface area (Å²) in [5.74, 6) is 4.74. The van der Waals surface area contributed by atoms with Crippen molar-refractivity contribution < 1.29 is 4.52 Å². The van der Waals surface area contributed by atoms with Crippen molar-refractivity contribution in [2.24, 2.45) is 5.73 Å². The van der Waals surface area contributed by atoms with Gasteiger partial charge < -0.3 is 10.3 Å². The summed E-state index contributed by atoms with van der Waals surface area (Å²) in [7, 11) is 0. The predicted molar refractivity (Wildman–Crippen MR) is 83.9 cm³/mol. The molecule has 1 fully saturated rings. The number of thioether (sulfide) groups is 2. The number of aromatic nitrogens is 2. The van der Waals surface area contributed by atoms with Crippen LogP contribution in [-0.2, 0) is 6.42 Å². The molecule has 0 saturated carbocycles. The zero-order valence-electron chi connectivity index (χ0n) is 11.1. The Morgan fingerprint density at radius 1 is 1.30 bits per heavy atom. The Labute approximate surface area is 126 Å². The molecule has 0 bridgehead atoms. The number of benzene rings is 1. The fourth-order valence-electron chi connectivity index (χ4n) is 2.12. The molecule has 0 spiro atoms. The fourth-order valence-corrected chi connectivity index (χ4v) is 4.71. The summed E-state index contributed by atoms with van der Waals surface area (Å²) in [4.78, 5) is 4.49. The summed E-state index contributed by atoms with van der Waals surface area (Å²) < 4.78 is 5.34. The lowest BCUT2D eigenvalue weighted by molar-refractivity contribution is 0.350. The van der Waals surface area contributed by atoms with Gasteiger partial charge in [0, 0.05) is 17.3 Å². The smallest absolute Gasteiger partial charge is 0.243 e. The van der Waals surface area contributed by atoms with E-state index >= 15 is 0 Å². The summed E-state index contributed by atoms with van der Waals surface area (Å²) in [6, 6.07) is 9.90. The second kappa shape index (κ2) is 6.65. The third kappa shape index (κ3) is 3.37. The number of nitrogens with zero attached hydrogens (tertiary/aromatic N) is 2. The van der Waals surface area contributed by atoms with Crippen LogP contribution in [0.1, 0.15) is 28.6 Å². The Balaban J connectivity index is 1.66. The minimum Gasteiger partial charge on any atom is -0.338 e. The van der Waals surface area contributed by atoms with Gasteiger partial charge in [0.05, 0.1) is 11.3 Å². The highest BCUT2D eigenvalue weighted by Gasteiger charge is 2.23. The van der Waals surface area contributed by atoms with Crippen LogP contribution in [0.5, 0.6) is 0 Å². The van der Waals surface area contributed by atoms with E-state index in [-0.39, 0.29) is 6.04 Å². The predicted octanol–water partition coefficient (Wildman–Crippen LogP) is 2.83. The van der Waals surface area contributed by atoms with Crippen molar-refractivity contribution in [2.75, 3.05) is 17.3 Å². The maximum Gasteiger partial charge on any atom is 0.243 e. The van der Waals surface area contributed by atoms with Gasteiger partial charge >= 0.3 is 0 Å². The first-order chi connectivity index (χ1) is 9.83. The molecule has 0 amide bonds. The molecule has 1 aromatic carbocycles. The molecule has 2 atom stereocenters. The van der Waals surface area contributed by atoms with Crippen LogP contribution in [0.2, 0.25) is 0 Å². The first-order valence-corrected chi connectivity index (χ1v) is 8.85. The molecule has 0 aliphatic carbocycles. The van der Waals surface area contributed by atoms with Crippen LogP contribution in [0, 0.1) is 0 Å². The monoisotopic (exact) mass is 307 g/mol. The third-order valence-corrected chi connectivity index (χ3v) is 5.93. The minimum absolute atomic E-state index is 0.236. The van der Waals surface area contributed by atoms with Crippen molar-refractivity contribution >= 4 is 23.5 Å². The molecule has 1 saturated heterocycles. The number of nitrogens with two attached hydrogens (primary N) is 1. The van der Waals surface area contributed by atoms with E-state index in [1.807, 2.05) is 41.7 Å². The van der Waals surface area contributed by atoms with Gasteiger partial charge in [-0.15, -0.1) is 11.8 Å². The Hall–Kier alpha value is -0.980. The average Bonchev–Trinajstić information content (AvgIpc) is 2.99. The molecule has 106 valence electrons. The van der Waals surface area contributed by atoms with Crippen molar-refractivity contribution in [3.05, 3.63) is 47.6 Å². The van der Waals surface area contributed by atoms with E-state index < -0.39 is 0 Å². The van der Waals surface area contributed by atoms with E-state index in [1.165, 1.54) is 11.3 Å². The molecule has 2 N–H and O–H groups in total. The van der Waals surface area contributed by atoms with Crippen LogP contribution in [0.4, 0.5) is 0 Å². The highest BCUT2D eigenvalue weighted by atomic mass is 32.2. The SMILES string of the molecule is N[C@H](Cc1ccccc1)c1nc(C2CSCCS2)no1. The number of hydrogen-bond donors (Lipinski definition) is 1. The van der Waals surface area contributed by atoms with Gasteiger partial charge in [-0.25, -0.2) is 0 Å². The summed E-state index contributed by atoms with van der Waals surface area (Å²) >= 11 is 3.84.